The summed E-state index contributed by atoms with van der Waals surface area (Å²) in [7, 11) is 1.68. The summed E-state index contributed by atoms with van der Waals surface area (Å²) < 4.78 is 12.1. The fourth-order valence-corrected chi connectivity index (χ4v) is 2.38. The number of halogens is 1. The monoisotopic (exact) mass is 286 g/mol. The zero-order valence-corrected chi connectivity index (χ0v) is 12.6. The van der Waals surface area contributed by atoms with Gasteiger partial charge in [-0.1, -0.05) is 0 Å². The van der Waals surface area contributed by atoms with Crippen molar-refractivity contribution in [2.24, 2.45) is 10.9 Å². The number of carbonyl (C=O) groups excluding carboxylic acids is 1. The second-order valence-electron chi connectivity index (χ2n) is 5.09. The summed E-state index contributed by atoms with van der Waals surface area (Å²) in [5, 5.41) is 5.93. The number of rotatable bonds is 6. The molecule has 1 heterocycles. The smallest absolute Gasteiger partial charge is 0.220 e. The van der Waals surface area contributed by atoms with Crippen LogP contribution in [-0.4, -0.2) is 56.7 Å². The minimum atomic E-state index is -0.322. The van der Waals surface area contributed by atoms with Crippen LogP contribution in [0.15, 0.2) is 4.99 Å². The van der Waals surface area contributed by atoms with E-state index in [-0.39, 0.29) is 12.6 Å². The molecule has 0 atom stereocenters. The van der Waals surface area contributed by atoms with E-state index in [9.17, 15) is 9.18 Å². The first-order chi connectivity index (χ1) is 9.71. The van der Waals surface area contributed by atoms with E-state index in [1.807, 2.05) is 6.92 Å². The lowest BCUT2D eigenvalue weighted by Gasteiger charge is -2.34. The van der Waals surface area contributed by atoms with Gasteiger partial charge < -0.3 is 15.5 Å². The first kappa shape index (κ1) is 16.7. The molecule has 6 heteroatoms. The van der Waals surface area contributed by atoms with Gasteiger partial charge in [0.05, 0.1) is 6.67 Å². The van der Waals surface area contributed by atoms with E-state index < -0.39 is 0 Å². The number of alkyl halides is 1. The van der Waals surface area contributed by atoms with Gasteiger partial charge >= 0.3 is 0 Å². The Balaban J connectivity index is 2.43. The summed E-state index contributed by atoms with van der Waals surface area (Å²) in [6, 6.07) is 0. The highest BCUT2D eigenvalue weighted by atomic mass is 19.1. The Labute approximate surface area is 121 Å². The zero-order chi connectivity index (χ0) is 14.8. The number of amides is 1. The normalized spacial score (nSPS) is 17.1. The van der Waals surface area contributed by atoms with Crippen LogP contribution in [0.25, 0.3) is 0 Å². The summed E-state index contributed by atoms with van der Waals surface area (Å²) >= 11 is 0. The highest BCUT2D eigenvalue weighted by molar-refractivity contribution is 5.80. The van der Waals surface area contributed by atoms with Gasteiger partial charge in [-0.3, -0.25) is 14.2 Å². The molecule has 116 valence electrons. The summed E-state index contributed by atoms with van der Waals surface area (Å²) in [6.45, 7) is 4.86. The molecule has 0 aliphatic carbocycles. The maximum atomic E-state index is 12.1. The lowest BCUT2D eigenvalue weighted by molar-refractivity contribution is -0.121. The first-order valence-corrected chi connectivity index (χ1v) is 7.51. The number of carbonyl (C=O) groups is 1. The Morgan fingerprint density at radius 1 is 1.40 bits per heavy atom. The highest BCUT2D eigenvalue weighted by Gasteiger charge is 2.22. The van der Waals surface area contributed by atoms with Crippen molar-refractivity contribution in [2.45, 2.75) is 32.6 Å². The standard InChI is InChI=1S/C14H27FN4O/c1-3-17-14(18-8-4-7-15)19-9-5-12(6-10-19)11-13(20)16-2/h12H,3-11H2,1-2H3,(H,16,20)(H,17,18). The van der Waals surface area contributed by atoms with Crippen molar-refractivity contribution in [3.8, 4) is 0 Å². The number of hydrogen-bond acceptors (Lipinski definition) is 2. The maximum absolute atomic E-state index is 12.1. The average molecular weight is 286 g/mol. The molecule has 0 saturated carbocycles. The predicted molar refractivity (Wildman–Crippen MR) is 79.6 cm³/mol. The summed E-state index contributed by atoms with van der Waals surface area (Å²) in [5.74, 6) is 1.45. The Morgan fingerprint density at radius 3 is 2.65 bits per heavy atom. The second kappa shape index (κ2) is 9.55. The summed E-state index contributed by atoms with van der Waals surface area (Å²) in [5.41, 5.74) is 0. The van der Waals surface area contributed by atoms with Crippen LogP contribution in [-0.2, 0) is 4.79 Å². The lowest BCUT2D eigenvalue weighted by Crippen LogP contribution is -2.46. The van der Waals surface area contributed by atoms with Gasteiger partial charge in [0.25, 0.3) is 0 Å². The van der Waals surface area contributed by atoms with Crippen molar-refractivity contribution in [1.82, 2.24) is 15.5 Å². The minimum Gasteiger partial charge on any atom is -0.359 e. The Bertz CT molecular complexity index is 314. The molecule has 0 aromatic rings. The van der Waals surface area contributed by atoms with E-state index in [0.29, 0.717) is 25.3 Å². The van der Waals surface area contributed by atoms with Gasteiger partial charge in [-0.2, -0.15) is 0 Å². The van der Waals surface area contributed by atoms with Crippen molar-refractivity contribution in [3.05, 3.63) is 0 Å². The van der Waals surface area contributed by atoms with Crippen LogP contribution in [0.3, 0.4) is 0 Å². The van der Waals surface area contributed by atoms with Crippen LogP contribution in [0, 0.1) is 5.92 Å². The molecular weight excluding hydrogens is 259 g/mol. The number of nitrogens with one attached hydrogen (secondary N) is 2. The second-order valence-corrected chi connectivity index (χ2v) is 5.09. The molecule has 1 amide bonds. The molecule has 1 fully saturated rings. The highest BCUT2D eigenvalue weighted by Crippen LogP contribution is 2.20. The van der Waals surface area contributed by atoms with E-state index in [2.05, 4.69) is 20.5 Å². The van der Waals surface area contributed by atoms with Crippen LogP contribution < -0.4 is 10.6 Å². The van der Waals surface area contributed by atoms with Gasteiger partial charge in [-0.05, 0) is 32.1 Å². The number of piperidine rings is 1. The summed E-state index contributed by atoms with van der Waals surface area (Å²) in [4.78, 5) is 18.0. The van der Waals surface area contributed by atoms with E-state index in [0.717, 1.165) is 38.4 Å². The van der Waals surface area contributed by atoms with E-state index in [4.69, 9.17) is 0 Å². The number of aliphatic imine (C=N–C) groups is 1. The number of guanidine groups is 1. The number of likely N-dealkylation sites (tertiary alicyclic amines) is 1. The van der Waals surface area contributed by atoms with Gasteiger partial charge in [0.15, 0.2) is 5.96 Å². The van der Waals surface area contributed by atoms with Crippen LogP contribution >= 0.6 is 0 Å². The third kappa shape index (κ3) is 5.75. The van der Waals surface area contributed by atoms with Gasteiger partial charge in [-0.25, -0.2) is 0 Å². The van der Waals surface area contributed by atoms with Gasteiger partial charge in [0.1, 0.15) is 0 Å². The largest absolute Gasteiger partial charge is 0.359 e. The molecule has 0 unspecified atom stereocenters. The molecule has 1 aliphatic rings. The average Bonchev–Trinajstić information content (AvgIpc) is 2.47. The Kier molecular flexibility index (Phi) is 7.99. The maximum Gasteiger partial charge on any atom is 0.220 e. The Hall–Kier alpha value is -1.33. The van der Waals surface area contributed by atoms with E-state index in [1.54, 1.807) is 7.05 Å². The number of nitrogens with zero attached hydrogens (tertiary/aromatic N) is 2. The molecule has 1 aliphatic heterocycles. The first-order valence-electron chi connectivity index (χ1n) is 7.51. The van der Waals surface area contributed by atoms with Crippen LogP contribution in [0.4, 0.5) is 4.39 Å². The molecule has 0 bridgehead atoms. The van der Waals surface area contributed by atoms with E-state index >= 15 is 0 Å². The topological polar surface area (TPSA) is 56.7 Å². The minimum absolute atomic E-state index is 0.118. The molecule has 0 aromatic carbocycles. The third-order valence-corrected chi connectivity index (χ3v) is 3.56. The van der Waals surface area contributed by atoms with Gasteiger partial charge in [-0.15, -0.1) is 0 Å². The van der Waals surface area contributed by atoms with Crippen LogP contribution in [0.5, 0.6) is 0 Å². The zero-order valence-electron chi connectivity index (χ0n) is 12.6. The Morgan fingerprint density at radius 2 is 2.10 bits per heavy atom. The predicted octanol–water partition coefficient (Wildman–Crippen LogP) is 1.16. The molecule has 20 heavy (non-hydrogen) atoms. The molecule has 0 aromatic heterocycles. The van der Waals surface area contributed by atoms with Crippen molar-refractivity contribution in [2.75, 3.05) is 39.9 Å². The fourth-order valence-electron chi connectivity index (χ4n) is 2.38. The van der Waals surface area contributed by atoms with Gasteiger partial charge in [0.2, 0.25) is 5.91 Å². The molecule has 2 N–H and O–H groups in total. The SMILES string of the molecule is CCNC(=NCCCF)N1CCC(CC(=O)NC)CC1. The van der Waals surface area contributed by atoms with Gasteiger partial charge in [0, 0.05) is 39.6 Å². The van der Waals surface area contributed by atoms with Crippen LogP contribution in [0.1, 0.15) is 32.6 Å². The quantitative estimate of drug-likeness (QED) is 0.438. The van der Waals surface area contributed by atoms with E-state index in [1.165, 1.54) is 0 Å². The van der Waals surface area contributed by atoms with Crippen molar-refractivity contribution in [1.29, 1.82) is 0 Å². The van der Waals surface area contributed by atoms with Crippen molar-refractivity contribution < 1.29 is 9.18 Å². The van der Waals surface area contributed by atoms with Crippen LogP contribution in [0.2, 0.25) is 0 Å². The molecular formula is C14H27FN4O. The molecule has 5 nitrogen and oxygen atoms in total. The van der Waals surface area contributed by atoms with Crippen molar-refractivity contribution in [3.63, 3.8) is 0 Å². The lowest BCUT2D eigenvalue weighted by atomic mass is 9.93. The molecule has 1 saturated heterocycles. The molecule has 0 radical (unpaired) electrons. The van der Waals surface area contributed by atoms with Crippen molar-refractivity contribution >= 4 is 11.9 Å². The molecule has 0 spiro atoms. The third-order valence-electron chi connectivity index (χ3n) is 3.56. The molecule has 1 rings (SSSR count). The summed E-state index contributed by atoms with van der Waals surface area (Å²) in [6.07, 6.45) is 3.09. The fraction of sp³-hybridized carbons (Fsp3) is 0.857. The number of hydrogen-bond donors (Lipinski definition) is 2.